The van der Waals surface area contributed by atoms with Gasteiger partial charge in [0.1, 0.15) is 5.76 Å². The van der Waals surface area contributed by atoms with Gasteiger partial charge in [-0.2, -0.15) is 0 Å². The Labute approximate surface area is 117 Å². The average Bonchev–Trinajstić information content (AvgIpc) is 2.71. The molecule has 0 spiro atoms. The van der Waals surface area contributed by atoms with E-state index in [4.69, 9.17) is 16.1 Å². The molecule has 0 aliphatic heterocycles. The van der Waals surface area contributed by atoms with Crippen LogP contribution in [0.1, 0.15) is 28.7 Å². The van der Waals surface area contributed by atoms with Crippen LogP contribution in [0.15, 0.2) is 28.8 Å². The van der Waals surface area contributed by atoms with E-state index < -0.39 is 6.10 Å². The number of hydrogen-bond acceptors (Lipinski definition) is 4. The number of benzene rings is 1. The maximum Gasteiger partial charge on any atom is 0.138 e. The van der Waals surface area contributed by atoms with E-state index in [0.717, 1.165) is 22.6 Å². The molecule has 5 heteroatoms. The van der Waals surface area contributed by atoms with Crippen LogP contribution in [0.3, 0.4) is 0 Å². The fourth-order valence-corrected chi connectivity index (χ4v) is 2.02. The molecule has 2 rings (SSSR count). The van der Waals surface area contributed by atoms with Gasteiger partial charge in [0.15, 0.2) is 0 Å². The Morgan fingerprint density at radius 2 is 2.00 bits per heavy atom. The molecule has 0 radical (unpaired) electrons. The Morgan fingerprint density at radius 1 is 1.32 bits per heavy atom. The topological polar surface area (TPSA) is 58.3 Å². The molecule has 0 aliphatic rings. The molecule has 1 unspecified atom stereocenters. The molecule has 1 aromatic heterocycles. The van der Waals surface area contributed by atoms with Crippen LogP contribution < -0.4 is 5.32 Å². The van der Waals surface area contributed by atoms with Crippen LogP contribution in [0, 0.1) is 13.8 Å². The highest BCUT2D eigenvalue weighted by Crippen LogP contribution is 2.16. The molecule has 0 aliphatic carbocycles. The molecule has 1 heterocycles. The van der Waals surface area contributed by atoms with Gasteiger partial charge < -0.3 is 14.9 Å². The van der Waals surface area contributed by atoms with E-state index in [1.165, 1.54) is 0 Å². The number of nitrogens with zero attached hydrogens (tertiary/aromatic N) is 1. The van der Waals surface area contributed by atoms with Crippen LogP contribution in [-0.2, 0) is 6.54 Å². The summed E-state index contributed by atoms with van der Waals surface area (Å²) in [5.41, 5.74) is 2.77. The van der Waals surface area contributed by atoms with Gasteiger partial charge in [-0.3, -0.25) is 0 Å². The second-order valence-electron chi connectivity index (χ2n) is 4.50. The molecule has 1 aromatic carbocycles. The van der Waals surface area contributed by atoms with Crippen molar-refractivity contribution < 1.29 is 9.63 Å². The first-order valence-corrected chi connectivity index (χ1v) is 6.51. The molecule has 1 atom stereocenters. The molecule has 2 aromatic rings. The predicted octanol–water partition coefficient (Wildman–Crippen LogP) is 2.77. The first-order valence-electron chi connectivity index (χ1n) is 6.14. The number of hydrogen-bond donors (Lipinski definition) is 2. The Bertz CT molecular complexity index is 517. The number of halogens is 1. The van der Waals surface area contributed by atoms with Gasteiger partial charge in [0.2, 0.25) is 0 Å². The van der Waals surface area contributed by atoms with Crippen molar-refractivity contribution in [3.63, 3.8) is 0 Å². The lowest BCUT2D eigenvalue weighted by Gasteiger charge is -2.12. The van der Waals surface area contributed by atoms with Gasteiger partial charge in [0, 0.05) is 23.7 Å². The van der Waals surface area contributed by atoms with Crippen molar-refractivity contribution in [3.05, 3.63) is 51.9 Å². The van der Waals surface area contributed by atoms with Crippen molar-refractivity contribution in [1.82, 2.24) is 10.5 Å². The van der Waals surface area contributed by atoms with Gasteiger partial charge in [0.05, 0.1) is 11.8 Å². The van der Waals surface area contributed by atoms with Gasteiger partial charge in [-0.1, -0.05) is 28.9 Å². The summed E-state index contributed by atoms with van der Waals surface area (Å²) in [5.74, 6) is 0.811. The summed E-state index contributed by atoms with van der Waals surface area (Å²) in [6.07, 6.45) is -0.558. The largest absolute Gasteiger partial charge is 0.387 e. The van der Waals surface area contributed by atoms with Crippen molar-refractivity contribution in [3.8, 4) is 0 Å². The first kappa shape index (κ1) is 14.1. The lowest BCUT2D eigenvalue weighted by Crippen LogP contribution is -2.21. The number of nitrogens with one attached hydrogen (secondary N) is 1. The summed E-state index contributed by atoms with van der Waals surface area (Å²) >= 11 is 5.81. The summed E-state index contributed by atoms with van der Waals surface area (Å²) in [5, 5.41) is 17.8. The third kappa shape index (κ3) is 3.56. The quantitative estimate of drug-likeness (QED) is 0.884. The lowest BCUT2D eigenvalue weighted by molar-refractivity contribution is 0.174. The number of aromatic nitrogens is 1. The third-order valence-electron chi connectivity index (χ3n) is 3.08. The Morgan fingerprint density at radius 3 is 2.58 bits per heavy atom. The van der Waals surface area contributed by atoms with Crippen molar-refractivity contribution in [2.75, 3.05) is 6.54 Å². The zero-order valence-corrected chi connectivity index (χ0v) is 11.7. The van der Waals surface area contributed by atoms with E-state index in [9.17, 15) is 5.11 Å². The third-order valence-corrected chi connectivity index (χ3v) is 3.33. The van der Waals surface area contributed by atoms with Crippen LogP contribution in [0.25, 0.3) is 0 Å². The first-order chi connectivity index (χ1) is 9.08. The fraction of sp³-hybridized carbons (Fsp3) is 0.357. The Kier molecular flexibility index (Phi) is 4.58. The molecule has 0 saturated heterocycles. The minimum absolute atomic E-state index is 0.464. The van der Waals surface area contributed by atoms with E-state index in [-0.39, 0.29) is 0 Å². The van der Waals surface area contributed by atoms with Crippen LogP contribution in [-0.4, -0.2) is 16.8 Å². The highest BCUT2D eigenvalue weighted by Gasteiger charge is 2.10. The molecular formula is C14H17ClN2O2. The van der Waals surface area contributed by atoms with Gasteiger partial charge in [-0.05, 0) is 31.5 Å². The van der Waals surface area contributed by atoms with Crippen LogP contribution >= 0.6 is 11.6 Å². The zero-order valence-electron chi connectivity index (χ0n) is 11.0. The van der Waals surface area contributed by atoms with Gasteiger partial charge >= 0.3 is 0 Å². The van der Waals surface area contributed by atoms with E-state index in [0.29, 0.717) is 18.1 Å². The van der Waals surface area contributed by atoms with Gasteiger partial charge in [-0.25, -0.2) is 0 Å². The minimum Gasteiger partial charge on any atom is -0.387 e. The summed E-state index contributed by atoms with van der Waals surface area (Å²) in [6.45, 7) is 4.88. The minimum atomic E-state index is -0.558. The molecule has 0 fully saturated rings. The van der Waals surface area contributed by atoms with Crippen LogP contribution in [0.2, 0.25) is 5.02 Å². The maximum absolute atomic E-state index is 10.0. The molecule has 102 valence electrons. The van der Waals surface area contributed by atoms with E-state index >= 15 is 0 Å². The van der Waals surface area contributed by atoms with E-state index in [1.54, 1.807) is 12.1 Å². The molecule has 19 heavy (non-hydrogen) atoms. The fourth-order valence-electron chi connectivity index (χ4n) is 1.89. The zero-order chi connectivity index (χ0) is 13.8. The molecular weight excluding hydrogens is 264 g/mol. The normalized spacial score (nSPS) is 12.6. The number of aryl methyl sites for hydroxylation is 2. The SMILES string of the molecule is Cc1noc(C)c1CNCC(O)c1ccc(Cl)cc1. The van der Waals surface area contributed by atoms with Gasteiger partial charge in [0.25, 0.3) is 0 Å². The molecule has 0 saturated carbocycles. The number of aliphatic hydroxyl groups excluding tert-OH is 1. The molecule has 2 N–H and O–H groups in total. The molecule has 0 bridgehead atoms. The number of aliphatic hydroxyl groups is 1. The van der Waals surface area contributed by atoms with Crippen molar-refractivity contribution >= 4 is 11.6 Å². The summed E-state index contributed by atoms with van der Waals surface area (Å²) in [7, 11) is 0. The average molecular weight is 281 g/mol. The maximum atomic E-state index is 10.0. The summed E-state index contributed by atoms with van der Waals surface area (Å²) in [4.78, 5) is 0. The second-order valence-corrected chi connectivity index (χ2v) is 4.94. The van der Waals surface area contributed by atoms with Crippen molar-refractivity contribution in [1.29, 1.82) is 0 Å². The van der Waals surface area contributed by atoms with E-state index in [2.05, 4.69) is 10.5 Å². The second kappa shape index (κ2) is 6.19. The smallest absolute Gasteiger partial charge is 0.138 e. The monoisotopic (exact) mass is 280 g/mol. The van der Waals surface area contributed by atoms with Gasteiger partial charge in [-0.15, -0.1) is 0 Å². The Hall–Kier alpha value is -1.36. The van der Waals surface area contributed by atoms with Crippen molar-refractivity contribution in [2.45, 2.75) is 26.5 Å². The number of rotatable bonds is 5. The van der Waals surface area contributed by atoms with E-state index in [1.807, 2.05) is 26.0 Å². The lowest BCUT2D eigenvalue weighted by atomic mass is 10.1. The highest BCUT2D eigenvalue weighted by molar-refractivity contribution is 6.30. The summed E-state index contributed by atoms with van der Waals surface area (Å²) < 4.78 is 5.08. The van der Waals surface area contributed by atoms with Crippen molar-refractivity contribution in [2.24, 2.45) is 0 Å². The predicted molar refractivity (Wildman–Crippen MR) is 74.1 cm³/mol. The molecule has 0 amide bonds. The highest BCUT2D eigenvalue weighted by atomic mass is 35.5. The molecule has 4 nitrogen and oxygen atoms in total. The summed E-state index contributed by atoms with van der Waals surface area (Å²) in [6, 6.07) is 7.19. The Balaban J connectivity index is 1.87. The van der Waals surface area contributed by atoms with Crippen LogP contribution in [0.5, 0.6) is 0 Å². The standard InChI is InChI=1S/C14H17ClN2O2/c1-9-13(10(2)19-17-9)7-16-8-14(18)11-3-5-12(15)6-4-11/h3-6,14,16,18H,7-8H2,1-2H3. The van der Waals surface area contributed by atoms with Crippen LogP contribution in [0.4, 0.5) is 0 Å².